The molecule has 1 saturated carbocycles. The summed E-state index contributed by atoms with van der Waals surface area (Å²) < 4.78 is 6.72. The van der Waals surface area contributed by atoms with Crippen molar-refractivity contribution in [2.75, 3.05) is 0 Å². The number of carbonyl (C=O) groups excluding carboxylic acids is 1. The predicted molar refractivity (Wildman–Crippen MR) is 110 cm³/mol. The molecule has 152 valence electrons. The molecule has 1 fully saturated rings. The van der Waals surface area contributed by atoms with Crippen molar-refractivity contribution in [2.24, 2.45) is 11.3 Å². The summed E-state index contributed by atoms with van der Waals surface area (Å²) in [4.78, 5) is 27.3. The molecule has 0 amide bonds. The quantitative estimate of drug-likeness (QED) is 0.727. The summed E-state index contributed by atoms with van der Waals surface area (Å²) in [7, 11) is 0. The maximum Gasteiger partial charge on any atom is 0.328 e. The molecule has 0 aromatic carbocycles. The van der Waals surface area contributed by atoms with Crippen molar-refractivity contribution in [3.8, 4) is 0 Å². The van der Waals surface area contributed by atoms with Crippen LogP contribution in [0.5, 0.6) is 0 Å². The first-order chi connectivity index (χ1) is 13.3. The van der Waals surface area contributed by atoms with E-state index in [1.54, 1.807) is 11.3 Å². The second-order valence-corrected chi connectivity index (χ2v) is 10.4. The van der Waals surface area contributed by atoms with E-state index in [2.05, 4.69) is 31.1 Å². The minimum atomic E-state index is -0.389. The average molecular weight is 404 g/mol. The summed E-state index contributed by atoms with van der Waals surface area (Å²) in [6, 6.07) is 0. The Hall–Kier alpha value is -1.76. The molecule has 7 heteroatoms. The Labute approximate surface area is 169 Å². The van der Waals surface area contributed by atoms with Crippen LogP contribution in [-0.2, 0) is 28.9 Å². The van der Waals surface area contributed by atoms with Crippen LogP contribution in [0, 0.1) is 11.3 Å². The predicted octanol–water partition coefficient (Wildman–Crippen LogP) is 3.88. The van der Waals surface area contributed by atoms with Gasteiger partial charge in [0.05, 0.1) is 5.39 Å². The van der Waals surface area contributed by atoms with Gasteiger partial charge in [-0.15, -0.1) is 16.4 Å². The molecular weight excluding hydrogens is 374 g/mol. The van der Waals surface area contributed by atoms with Gasteiger partial charge in [-0.3, -0.25) is 9.59 Å². The van der Waals surface area contributed by atoms with E-state index in [4.69, 9.17) is 4.74 Å². The van der Waals surface area contributed by atoms with Crippen molar-refractivity contribution in [3.63, 3.8) is 0 Å². The van der Waals surface area contributed by atoms with Crippen LogP contribution in [0.4, 0.5) is 0 Å². The zero-order valence-electron chi connectivity index (χ0n) is 17.0. The molecule has 2 aromatic rings. The maximum atomic E-state index is 13.0. The Morgan fingerprint density at radius 2 is 1.96 bits per heavy atom. The van der Waals surface area contributed by atoms with Crippen LogP contribution in [0.25, 0.3) is 10.2 Å². The highest BCUT2D eigenvalue weighted by Crippen LogP contribution is 2.41. The molecule has 0 radical (unpaired) electrons. The third kappa shape index (κ3) is 3.86. The van der Waals surface area contributed by atoms with Crippen LogP contribution < -0.4 is 5.56 Å². The Morgan fingerprint density at radius 1 is 1.21 bits per heavy atom. The van der Waals surface area contributed by atoms with E-state index in [0.717, 1.165) is 50.5 Å². The normalized spacial score (nSPS) is 20.9. The van der Waals surface area contributed by atoms with Gasteiger partial charge in [-0.1, -0.05) is 32.4 Å². The van der Waals surface area contributed by atoms with E-state index < -0.39 is 0 Å². The number of rotatable bonds is 3. The van der Waals surface area contributed by atoms with Crippen molar-refractivity contribution in [2.45, 2.75) is 84.8 Å². The van der Waals surface area contributed by atoms with Gasteiger partial charge in [0, 0.05) is 4.88 Å². The second kappa shape index (κ2) is 7.58. The van der Waals surface area contributed by atoms with Gasteiger partial charge in [0.15, 0.2) is 4.83 Å². The van der Waals surface area contributed by atoms with Gasteiger partial charge in [-0.05, 0) is 61.8 Å². The summed E-state index contributed by atoms with van der Waals surface area (Å²) in [5.74, 6) is 0.216. The highest BCUT2D eigenvalue weighted by molar-refractivity contribution is 7.18. The first kappa shape index (κ1) is 19.6. The number of hydrogen-bond acceptors (Lipinski definition) is 6. The van der Waals surface area contributed by atoms with Crippen molar-refractivity contribution < 1.29 is 9.53 Å². The molecule has 0 N–H and O–H groups in total. The number of carbonyl (C=O) groups is 1. The lowest BCUT2D eigenvalue weighted by atomic mass is 9.72. The number of aromatic nitrogens is 3. The van der Waals surface area contributed by atoms with Crippen LogP contribution >= 0.6 is 11.3 Å². The first-order valence-corrected chi connectivity index (χ1v) is 11.2. The van der Waals surface area contributed by atoms with Gasteiger partial charge in [0.25, 0.3) is 5.56 Å². The Kier molecular flexibility index (Phi) is 5.29. The molecule has 0 aliphatic heterocycles. The standard InChI is InChI=1S/C21H29N3O3S/c1-21(2,3)13-9-10-15-16(11-13)28-19-18(15)20(26)24(23-22-19)12-17(25)27-14-7-5-4-6-8-14/h13-14H,4-12H2,1-3H3/t13-/m1/s1. The molecular formula is C21H29N3O3S. The highest BCUT2D eigenvalue weighted by Gasteiger charge is 2.32. The zero-order valence-corrected chi connectivity index (χ0v) is 17.8. The van der Waals surface area contributed by atoms with E-state index in [9.17, 15) is 9.59 Å². The largest absolute Gasteiger partial charge is 0.461 e. The fourth-order valence-electron chi connectivity index (χ4n) is 4.50. The molecule has 0 saturated heterocycles. The number of aryl methyl sites for hydroxylation is 1. The van der Waals surface area contributed by atoms with E-state index in [1.807, 2.05) is 0 Å². The minimum Gasteiger partial charge on any atom is -0.461 e. The SMILES string of the molecule is CC(C)(C)[C@@H]1CCc2c(sc3nnn(CC(=O)OC4CCCCC4)c(=O)c23)C1. The molecule has 0 unspecified atom stereocenters. The molecule has 28 heavy (non-hydrogen) atoms. The van der Waals surface area contributed by atoms with Crippen molar-refractivity contribution in [1.82, 2.24) is 15.0 Å². The number of nitrogens with zero attached hydrogens (tertiary/aromatic N) is 3. The third-order valence-electron chi connectivity index (χ3n) is 6.29. The molecule has 2 aromatic heterocycles. The minimum absolute atomic E-state index is 0.0168. The summed E-state index contributed by atoms with van der Waals surface area (Å²) in [5, 5.41) is 8.93. The molecule has 0 bridgehead atoms. The Balaban J connectivity index is 1.56. The summed E-state index contributed by atoms with van der Waals surface area (Å²) in [6.07, 6.45) is 8.17. The molecule has 0 spiro atoms. The number of fused-ring (bicyclic) bond motifs is 3. The van der Waals surface area contributed by atoms with Gasteiger partial charge in [-0.25, -0.2) is 0 Å². The van der Waals surface area contributed by atoms with Crippen LogP contribution in [-0.4, -0.2) is 27.1 Å². The fourth-order valence-corrected chi connectivity index (χ4v) is 5.73. The van der Waals surface area contributed by atoms with E-state index in [1.165, 1.54) is 16.0 Å². The number of esters is 1. The van der Waals surface area contributed by atoms with Crippen LogP contribution in [0.15, 0.2) is 4.79 Å². The van der Waals surface area contributed by atoms with Crippen LogP contribution in [0.2, 0.25) is 0 Å². The topological polar surface area (TPSA) is 74.1 Å². The lowest BCUT2D eigenvalue weighted by Gasteiger charge is -2.33. The van der Waals surface area contributed by atoms with Gasteiger partial charge >= 0.3 is 5.97 Å². The second-order valence-electron chi connectivity index (χ2n) is 9.29. The molecule has 2 aliphatic rings. The van der Waals surface area contributed by atoms with Crippen LogP contribution in [0.1, 0.15) is 69.7 Å². The fraction of sp³-hybridized carbons (Fsp3) is 0.714. The number of hydrogen-bond donors (Lipinski definition) is 0. The lowest BCUT2D eigenvalue weighted by Crippen LogP contribution is -2.31. The van der Waals surface area contributed by atoms with Gasteiger partial charge in [-0.2, -0.15) is 4.68 Å². The number of ether oxygens (including phenoxy) is 1. The highest BCUT2D eigenvalue weighted by atomic mass is 32.1. The van der Waals surface area contributed by atoms with Crippen LogP contribution in [0.3, 0.4) is 0 Å². The summed E-state index contributed by atoms with van der Waals surface area (Å²) >= 11 is 1.59. The number of thiophene rings is 1. The third-order valence-corrected chi connectivity index (χ3v) is 7.43. The first-order valence-electron chi connectivity index (χ1n) is 10.4. The van der Waals surface area contributed by atoms with Crippen molar-refractivity contribution in [3.05, 3.63) is 20.8 Å². The van der Waals surface area contributed by atoms with Gasteiger partial charge < -0.3 is 4.74 Å². The van der Waals surface area contributed by atoms with E-state index in [-0.39, 0.29) is 29.6 Å². The van der Waals surface area contributed by atoms with Gasteiger partial charge in [0.2, 0.25) is 0 Å². The average Bonchev–Trinajstić information content (AvgIpc) is 3.02. The molecule has 6 nitrogen and oxygen atoms in total. The molecule has 1 atom stereocenters. The maximum absolute atomic E-state index is 13.0. The van der Waals surface area contributed by atoms with E-state index in [0.29, 0.717) is 16.1 Å². The van der Waals surface area contributed by atoms with Crippen molar-refractivity contribution in [1.29, 1.82) is 0 Å². The zero-order chi connectivity index (χ0) is 19.9. The lowest BCUT2D eigenvalue weighted by molar-refractivity contribution is -0.151. The smallest absolute Gasteiger partial charge is 0.328 e. The summed E-state index contributed by atoms with van der Waals surface area (Å²) in [6.45, 7) is 6.68. The Morgan fingerprint density at radius 3 is 2.68 bits per heavy atom. The molecule has 2 aliphatic carbocycles. The molecule has 2 heterocycles. The monoisotopic (exact) mass is 403 g/mol. The van der Waals surface area contributed by atoms with E-state index >= 15 is 0 Å². The summed E-state index contributed by atoms with van der Waals surface area (Å²) in [5.41, 5.74) is 1.16. The van der Waals surface area contributed by atoms with Crippen molar-refractivity contribution >= 4 is 27.5 Å². The van der Waals surface area contributed by atoms with Gasteiger partial charge in [0.1, 0.15) is 12.6 Å². The molecule has 4 rings (SSSR count). The Bertz CT molecular complexity index is 935.